The zero-order valence-electron chi connectivity index (χ0n) is 14.6. The SMILES string of the molecule is Cc1cccc(CCC(=O)N2CCC(NC(=O)C3CCC3)CC2)c1. The summed E-state index contributed by atoms with van der Waals surface area (Å²) in [6.45, 7) is 3.61. The molecule has 2 aliphatic rings. The van der Waals surface area contributed by atoms with E-state index in [1.165, 1.54) is 17.5 Å². The van der Waals surface area contributed by atoms with Crippen molar-refractivity contribution in [3.63, 3.8) is 0 Å². The number of nitrogens with zero attached hydrogens (tertiary/aromatic N) is 1. The second-order valence-corrected chi connectivity index (χ2v) is 7.28. The topological polar surface area (TPSA) is 49.4 Å². The van der Waals surface area contributed by atoms with Crippen LogP contribution in [0.4, 0.5) is 0 Å². The minimum atomic E-state index is 0.227. The quantitative estimate of drug-likeness (QED) is 0.903. The fourth-order valence-corrected chi connectivity index (χ4v) is 3.54. The zero-order valence-corrected chi connectivity index (χ0v) is 14.6. The number of hydrogen-bond donors (Lipinski definition) is 1. The van der Waals surface area contributed by atoms with Crippen LogP contribution in [0.1, 0.15) is 49.7 Å². The summed E-state index contributed by atoms with van der Waals surface area (Å²) in [5.41, 5.74) is 2.47. The fourth-order valence-electron chi connectivity index (χ4n) is 3.54. The maximum absolute atomic E-state index is 12.4. The second-order valence-electron chi connectivity index (χ2n) is 7.28. The Balaban J connectivity index is 1.39. The van der Waals surface area contributed by atoms with Gasteiger partial charge in [-0.15, -0.1) is 0 Å². The van der Waals surface area contributed by atoms with Gasteiger partial charge in [0.05, 0.1) is 0 Å². The van der Waals surface area contributed by atoms with Crippen LogP contribution in [0.25, 0.3) is 0 Å². The summed E-state index contributed by atoms with van der Waals surface area (Å²) in [5, 5.41) is 3.17. The van der Waals surface area contributed by atoms with E-state index < -0.39 is 0 Å². The van der Waals surface area contributed by atoms with E-state index in [4.69, 9.17) is 0 Å². The predicted octanol–water partition coefficient (Wildman–Crippen LogP) is 2.83. The highest BCUT2D eigenvalue weighted by atomic mass is 16.2. The highest BCUT2D eigenvalue weighted by molar-refractivity contribution is 5.80. The van der Waals surface area contributed by atoms with Crippen molar-refractivity contribution in [3.05, 3.63) is 35.4 Å². The molecule has 4 nitrogen and oxygen atoms in total. The molecular weight excluding hydrogens is 300 g/mol. The summed E-state index contributed by atoms with van der Waals surface area (Å²) in [5.74, 6) is 0.713. The third-order valence-electron chi connectivity index (χ3n) is 5.38. The van der Waals surface area contributed by atoms with Crippen LogP contribution in [0.2, 0.25) is 0 Å². The third kappa shape index (κ3) is 4.37. The lowest BCUT2D eigenvalue weighted by molar-refractivity contribution is -0.132. The molecule has 1 aromatic rings. The Morgan fingerprint density at radius 3 is 2.54 bits per heavy atom. The van der Waals surface area contributed by atoms with Crippen molar-refractivity contribution in [1.29, 1.82) is 0 Å². The van der Waals surface area contributed by atoms with Gasteiger partial charge in [-0.25, -0.2) is 0 Å². The van der Waals surface area contributed by atoms with Gasteiger partial charge in [0.15, 0.2) is 0 Å². The molecule has 0 atom stereocenters. The van der Waals surface area contributed by atoms with E-state index in [9.17, 15) is 9.59 Å². The Labute approximate surface area is 144 Å². The van der Waals surface area contributed by atoms with Gasteiger partial charge in [-0.3, -0.25) is 9.59 Å². The van der Waals surface area contributed by atoms with E-state index in [0.29, 0.717) is 6.42 Å². The Kier molecular flexibility index (Phi) is 5.54. The van der Waals surface area contributed by atoms with Crippen LogP contribution in [0.15, 0.2) is 24.3 Å². The first-order valence-corrected chi connectivity index (χ1v) is 9.25. The van der Waals surface area contributed by atoms with Gasteiger partial charge in [0.25, 0.3) is 0 Å². The number of likely N-dealkylation sites (tertiary alicyclic amines) is 1. The van der Waals surface area contributed by atoms with Crippen molar-refractivity contribution in [2.45, 2.75) is 57.9 Å². The molecule has 0 unspecified atom stereocenters. The lowest BCUT2D eigenvalue weighted by Gasteiger charge is -2.34. The summed E-state index contributed by atoms with van der Waals surface area (Å²) in [4.78, 5) is 26.4. The molecule has 0 radical (unpaired) electrons. The van der Waals surface area contributed by atoms with Gasteiger partial charge in [0.2, 0.25) is 11.8 Å². The molecule has 2 amide bonds. The summed E-state index contributed by atoms with van der Waals surface area (Å²) in [6.07, 6.45) is 6.42. The number of rotatable bonds is 5. The normalized spacial score (nSPS) is 19.0. The molecule has 130 valence electrons. The molecular formula is C20H28N2O2. The molecule has 1 N–H and O–H groups in total. The molecule has 1 saturated carbocycles. The first-order chi connectivity index (χ1) is 11.6. The first-order valence-electron chi connectivity index (χ1n) is 9.25. The van der Waals surface area contributed by atoms with E-state index in [-0.39, 0.29) is 23.8 Å². The van der Waals surface area contributed by atoms with Crippen LogP contribution in [0.5, 0.6) is 0 Å². The molecule has 1 heterocycles. The molecule has 4 heteroatoms. The summed E-state index contributed by atoms with van der Waals surface area (Å²) in [6, 6.07) is 8.61. The predicted molar refractivity (Wildman–Crippen MR) is 94.6 cm³/mol. The highest BCUT2D eigenvalue weighted by Gasteiger charge is 2.29. The minimum Gasteiger partial charge on any atom is -0.353 e. The smallest absolute Gasteiger partial charge is 0.223 e. The van der Waals surface area contributed by atoms with Crippen molar-refractivity contribution in [2.75, 3.05) is 13.1 Å². The number of carbonyl (C=O) groups excluding carboxylic acids is 2. The second kappa shape index (κ2) is 7.82. The van der Waals surface area contributed by atoms with Crippen molar-refractivity contribution in [2.24, 2.45) is 5.92 Å². The molecule has 3 rings (SSSR count). The van der Waals surface area contributed by atoms with Crippen molar-refractivity contribution in [3.8, 4) is 0 Å². The van der Waals surface area contributed by atoms with Crippen LogP contribution in [-0.4, -0.2) is 35.8 Å². The summed E-state index contributed by atoms with van der Waals surface area (Å²) >= 11 is 0. The van der Waals surface area contributed by atoms with Crippen LogP contribution >= 0.6 is 0 Å². The number of aryl methyl sites for hydroxylation is 2. The Bertz CT molecular complexity index is 587. The molecule has 1 aromatic carbocycles. The van der Waals surface area contributed by atoms with Gasteiger partial charge in [0.1, 0.15) is 0 Å². The number of carbonyl (C=O) groups is 2. The number of nitrogens with one attached hydrogen (secondary N) is 1. The van der Waals surface area contributed by atoms with Crippen LogP contribution < -0.4 is 5.32 Å². The van der Waals surface area contributed by atoms with Gasteiger partial charge in [-0.05, 0) is 44.6 Å². The van der Waals surface area contributed by atoms with Gasteiger partial charge in [0, 0.05) is 31.5 Å². The largest absolute Gasteiger partial charge is 0.353 e. The van der Waals surface area contributed by atoms with Crippen LogP contribution in [0.3, 0.4) is 0 Å². The molecule has 0 aromatic heterocycles. The third-order valence-corrected chi connectivity index (χ3v) is 5.38. The van der Waals surface area contributed by atoms with Gasteiger partial charge in [-0.1, -0.05) is 36.2 Å². The zero-order chi connectivity index (χ0) is 16.9. The van der Waals surface area contributed by atoms with Crippen LogP contribution in [-0.2, 0) is 16.0 Å². The maximum Gasteiger partial charge on any atom is 0.223 e. The van der Waals surface area contributed by atoms with E-state index in [1.807, 2.05) is 11.0 Å². The number of benzene rings is 1. The monoisotopic (exact) mass is 328 g/mol. The molecule has 0 bridgehead atoms. The number of piperidine rings is 1. The van der Waals surface area contributed by atoms with Gasteiger partial charge < -0.3 is 10.2 Å². The standard InChI is InChI=1S/C20H28N2O2/c1-15-4-2-5-16(14-15)8-9-19(23)22-12-10-18(11-13-22)21-20(24)17-6-3-7-17/h2,4-5,14,17-18H,3,6-13H2,1H3,(H,21,24). The van der Waals surface area contributed by atoms with Gasteiger partial charge in [-0.2, -0.15) is 0 Å². The van der Waals surface area contributed by atoms with Crippen molar-refractivity contribution < 1.29 is 9.59 Å². The molecule has 24 heavy (non-hydrogen) atoms. The molecule has 1 saturated heterocycles. The maximum atomic E-state index is 12.4. The summed E-state index contributed by atoms with van der Waals surface area (Å²) in [7, 11) is 0. The van der Waals surface area contributed by atoms with E-state index in [1.54, 1.807) is 0 Å². The van der Waals surface area contributed by atoms with Gasteiger partial charge >= 0.3 is 0 Å². The molecule has 2 fully saturated rings. The Morgan fingerprint density at radius 1 is 1.17 bits per heavy atom. The first kappa shape index (κ1) is 17.0. The van der Waals surface area contributed by atoms with E-state index >= 15 is 0 Å². The average molecular weight is 328 g/mol. The number of hydrogen-bond acceptors (Lipinski definition) is 2. The number of amides is 2. The van der Waals surface area contributed by atoms with Crippen LogP contribution in [0, 0.1) is 12.8 Å². The lowest BCUT2D eigenvalue weighted by atomic mass is 9.84. The fraction of sp³-hybridized carbons (Fsp3) is 0.600. The minimum absolute atomic E-state index is 0.227. The highest BCUT2D eigenvalue weighted by Crippen LogP contribution is 2.26. The Hall–Kier alpha value is -1.84. The lowest BCUT2D eigenvalue weighted by Crippen LogP contribution is -2.48. The average Bonchev–Trinajstić information content (AvgIpc) is 2.51. The summed E-state index contributed by atoms with van der Waals surface area (Å²) < 4.78 is 0. The van der Waals surface area contributed by atoms with Crippen molar-refractivity contribution >= 4 is 11.8 Å². The van der Waals surface area contributed by atoms with E-state index in [2.05, 4.69) is 30.4 Å². The van der Waals surface area contributed by atoms with E-state index in [0.717, 1.165) is 45.2 Å². The molecule has 0 spiro atoms. The van der Waals surface area contributed by atoms with Crippen molar-refractivity contribution in [1.82, 2.24) is 10.2 Å². The molecule has 1 aliphatic heterocycles. The Morgan fingerprint density at radius 2 is 1.92 bits per heavy atom. The molecule has 1 aliphatic carbocycles.